The molecule has 4 nitrogen and oxygen atoms in total. The lowest BCUT2D eigenvalue weighted by Crippen LogP contribution is -2.31. The Balaban J connectivity index is 2.30. The van der Waals surface area contributed by atoms with Gasteiger partial charge in [0.25, 0.3) is 0 Å². The third-order valence-corrected chi connectivity index (χ3v) is 2.40. The van der Waals surface area contributed by atoms with Crippen molar-refractivity contribution in [2.45, 2.75) is 18.4 Å². The average molecular weight is 168 g/mol. The quantitative estimate of drug-likeness (QED) is 0.706. The van der Waals surface area contributed by atoms with Crippen LogP contribution in [-0.4, -0.2) is 23.3 Å². The molecule has 0 radical (unpaired) electrons. The summed E-state index contributed by atoms with van der Waals surface area (Å²) in [6.07, 6.45) is 5.53. The molecule has 12 heavy (non-hydrogen) atoms. The SMILES string of the molecule is COCC1(n2cc[nH]c2=O)CC1. The molecule has 0 bridgehead atoms. The fraction of sp³-hybridized carbons (Fsp3) is 0.625. The van der Waals surface area contributed by atoms with E-state index in [2.05, 4.69) is 4.98 Å². The molecule has 0 amide bonds. The molecule has 1 saturated carbocycles. The Hall–Kier alpha value is -1.03. The summed E-state index contributed by atoms with van der Waals surface area (Å²) in [5.74, 6) is 0. The first kappa shape index (κ1) is 7.61. The third kappa shape index (κ3) is 0.992. The van der Waals surface area contributed by atoms with Gasteiger partial charge >= 0.3 is 5.69 Å². The molecule has 0 atom stereocenters. The topological polar surface area (TPSA) is 47.0 Å². The lowest BCUT2D eigenvalue weighted by Gasteiger charge is -2.13. The number of hydrogen-bond acceptors (Lipinski definition) is 2. The van der Waals surface area contributed by atoms with Gasteiger partial charge in [0.15, 0.2) is 0 Å². The monoisotopic (exact) mass is 168 g/mol. The molecule has 1 heterocycles. The first-order valence-corrected chi connectivity index (χ1v) is 4.04. The number of nitrogens with zero attached hydrogens (tertiary/aromatic N) is 1. The minimum atomic E-state index is -0.0375. The van der Waals surface area contributed by atoms with Crippen LogP contribution in [0.4, 0.5) is 0 Å². The van der Waals surface area contributed by atoms with Crippen molar-refractivity contribution >= 4 is 0 Å². The molecule has 1 aromatic rings. The van der Waals surface area contributed by atoms with E-state index < -0.39 is 0 Å². The van der Waals surface area contributed by atoms with E-state index in [0.717, 1.165) is 12.8 Å². The van der Waals surface area contributed by atoms with E-state index >= 15 is 0 Å². The van der Waals surface area contributed by atoms with Gasteiger partial charge in [0.1, 0.15) is 0 Å². The van der Waals surface area contributed by atoms with Crippen LogP contribution in [0.5, 0.6) is 0 Å². The molecule has 1 aliphatic rings. The van der Waals surface area contributed by atoms with Gasteiger partial charge in [0.2, 0.25) is 0 Å². The Bertz CT molecular complexity index is 322. The second kappa shape index (κ2) is 2.48. The van der Waals surface area contributed by atoms with Crippen LogP contribution in [0.15, 0.2) is 17.2 Å². The molecule has 0 aromatic carbocycles. The molecule has 1 aromatic heterocycles. The molecule has 4 heteroatoms. The van der Waals surface area contributed by atoms with Gasteiger partial charge in [0, 0.05) is 19.5 Å². The van der Waals surface area contributed by atoms with Crippen molar-refractivity contribution in [2.75, 3.05) is 13.7 Å². The van der Waals surface area contributed by atoms with Crippen LogP contribution < -0.4 is 5.69 Å². The van der Waals surface area contributed by atoms with Crippen LogP contribution in [0.1, 0.15) is 12.8 Å². The van der Waals surface area contributed by atoms with Gasteiger partial charge in [-0.05, 0) is 12.8 Å². The van der Waals surface area contributed by atoms with Crippen molar-refractivity contribution in [3.8, 4) is 0 Å². The lowest BCUT2D eigenvalue weighted by molar-refractivity contribution is 0.142. The van der Waals surface area contributed by atoms with Gasteiger partial charge in [-0.3, -0.25) is 4.57 Å². The number of nitrogens with one attached hydrogen (secondary N) is 1. The van der Waals surface area contributed by atoms with Crippen molar-refractivity contribution in [3.63, 3.8) is 0 Å². The van der Waals surface area contributed by atoms with Crippen molar-refractivity contribution in [3.05, 3.63) is 22.9 Å². The second-order valence-corrected chi connectivity index (χ2v) is 3.29. The summed E-state index contributed by atoms with van der Waals surface area (Å²) in [5.41, 5.74) is -0.0733. The van der Waals surface area contributed by atoms with Gasteiger partial charge in [-0.15, -0.1) is 0 Å². The molecule has 66 valence electrons. The smallest absolute Gasteiger partial charge is 0.326 e. The number of ether oxygens (including phenoxy) is 1. The number of methoxy groups -OCH3 is 1. The Morgan fingerprint density at radius 1 is 1.75 bits per heavy atom. The van der Waals surface area contributed by atoms with Crippen molar-refractivity contribution in [2.24, 2.45) is 0 Å². The van der Waals surface area contributed by atoms with E-state index in [9.17, 15) is 4.79 Å². The van der Waals surface area contributed by atoms with Crippen LogP contribution in [0.25, 0.3) is 0 Å². The fourth-order valence-corrected chi connectivity index (χ4v) is 1.56. The zero-order valence-electron chi connectivity index (χ0n) is 7.04. The predicted molar refractivity (Wildman–Crippen MR) is 44.1 cm³/mol. The maximum absolute atomic E-state index is 11.2. The molecule has 0 spiro atoms. The molecule has 1 aliphatic carbocycles. The first-order chi connectivity index (χ1) is 5.78. The highest BCUT2D eigenvalue weighted by atomic mass is 16.5. The third-order valence-electron chi connectivity index (χ3n) is 2.40. The highest BCUT2D eigenvalue weighted by Gasteiger charge is 2.45. The predicted octanol–water partition coefficient (Wildman–Crippen LogP) is 0.312. The van der Waals surface area contributed by atoms with Gasteiger partial charge in [-0.25, -0.2) is 4.79 Å². The molecule has 0 aliphatic heterocycles. The summed E-state index contributed by atoms with van der Waals surface area (Å²) in [6, 6.07) is 0. The van der Waals surface area contributed by atoms with Gasteiger partial charge in [-0.1, -0.05) is 0 Å². The van der Waals surface area contributed by atoms with E-state index in [1.807, 2.05) is 0 Å². The number of rotatable bonds is 3. The van der Waals surface area contributed by atoms with Crippen LogP contribution in [0.2, 0.25) is 0 Å². The van der Waals surface area contributed by atoms with Crippen LogP contribution in [-0.2, 0) is 10.3 Å². The Morgan fingerprint density at radius 2 is 2.50 bits per heavy atom. The van der Waals surface area contributed by atoms with Crippen molar-refractivity contribution in [1.29, 1.82) is 0 Å². The van der Waals surface area contributed by atoms with Crippen LogP contribution in [0.3, 0.4) is 0 Å². The standard InChI is InChI=1S/C8H12N2O2/c1-12-6-8(2-3-8)10-5-4-9-7(10)11/h4-5H,2-3,6H2,1H3,(H,9,11). The maximum atomic E-state index is 11.2. The molecule has 2 rings (SSSR count). The molecule has 0 unspecified atom stereocenters. The van der Waals surface area contributed by atoms with E-state index in [1.54, 1.807) is 24.1 Å². The van der Waals surface area contributed by atoms with E-state index in [0.29, 0.717) is 6.61 Å². The van der Waals surface area contributed by atoms with E-state index in [4.69, 9.17) is 4.74 Å². The largest absolute Gasteiger partial charge is 0.382 e. The molecular formula is C8H12N2O2. The summed E-state index contributed by atoms with van der Waals surface area (Å²) >= 11 is 0. The minimum Gasteiger partial charge on any atom is -0.382 e. The maximum Gasteiger partial charge on any atom is 0.326 e. The molecule has 1 N–H and O–H groups in total. The number of hydrogen-bond donors (Lipinski definition) is 1. The Kier molecular flexibility index (Phi) is 1.58. The summed E-state index contributed by atoms with van der Waals surface area (Å²) in [5, 5.41) is 0. The lowest BCUT2D eigenvalue weighted by atomic mass is 10.3. The van der Waals surface area contributed by atoms with E-state index in [1.165, 1.54) is 0 Å². The first-order valence-electron chi connectivity index (χ1n) is 4.04. The highest BCUT2D eigenvalue weighted by Crippen LogP contribution is 2.42. The number of aromatic amines is 1. The van der Waals surface area contributed by atoms with Gasteiger partial charge in [-0.2, -0.15) is 0 Å². The van der Waals surface area contributed by atoms with Crippen molar-refractivity contribution in [1.82, 2.24) is 9.55 Å². The number of imidazole rings is 1. The Morgan fingerprint density at radius 3 is 2.92 bits per heavy atom. The van der Waals surface area contributed by atoms with Gasteiger partial charge in [0.05, 0.1) is 12.1 Å². The second-order valence-electron chi connectivity index (χ2n) is 3.29. The zero-order chi connectivity index (χ0) is 8.60. The fourth-order valence-electron chi connectivity index (χ4n) is 1.56. The Labute approximate surface area is 70.2 Å². The van der Waals surface area contributed by atoms with E-state index in [-0.39, 0.29) is 11.2 Å². The van der Waals surface area contributed by atoms with Crippen molar-refractivity contribution < 1.29 is 4.74 Å². The normalized spacial score (nSPS) is 19.4. The van der Waals surface area contributed by atoms with Crippen LogP contribution in [0, 0.1) is 0 Å². The van der Waals surface area contributed by atoms with Crippen LogP contribution >= 0.6 is 0 Å². The summed E-state index contributed by atoms with van der Waals surface area (Å²) in [4.78, 5) is 13.9. The summed E-state index contributed by atoms with van der Waals surface area (Å²) in [7, 11) is 1.66. The minimum absolute atomic E-state index is 0.0359. The number of H-pyrrole nitrogens is 1. The number of aromatic nitrogens is 2. The average Bonchev–Trinajstić information content (AvgIpc) is 2.68. The molecular weight excluding hydrogens is 156 g/mol. The molecule has 1 fully saturated rings. The highest BCUT2D eigenvalue weighted by molar-refractivity contribution is 5.02. The zero-order valence-corrected chi connectivity index (χ0v) is 7.04. The molecule has 0 saturated heterocycles. The van der Waals surface area contributed by atoms with Gasteiger partial charge < -0.3 is 9.72 Å². The summed E-state index contributed by atoms with van der Waals surface area (Å²) in [6.45, 7) is 0.630. The summed E-state index contributed by atoms with van der Waals surface area (Å²) < 4.78 is 6.81.